The van der Waals surface area contributed by atoms with Gasteiger partial charge in [-0.1, -0.05) is 42.6 Å². The number of aromatic nitrogens is 1. The summed E-state index contributed by atoms with van der Waals surface area (Å²) in [6, 6.07) is 2.75. The van der Waals surface area contributed by atoms with Crippen LogP contribution in [0.4, 0.5) is 19.6 Å². The van der Waals surface area contributed by atoms with E-state index in [1.807, 2.05) is 4.72 Å². The lowest BCUT2D eigenvalue weighted by atomic mass is 10.3. The van der Waals surface area contributed by atoms with E-state index < -0.39 is 33.9 Å². The molecule has 0 fully saturated rings. The highest BCUT2D eigenvalue weighted by Crippen LogP contribution is 2.30. The summed E-state index contributed by atoms with van der Waals surface area (Å²) in [6.45, 7) is 6.97. The highest BCUT2D eigenvalue weighted by Gasteiger charge is 2.23. The lowest BCUT2D eigenvalue weighted by molar-refractivity contribution is 0.570. The van der Waals surface area contributed by atoms with Crippen LogP contribution >= 0.6 is 22.9 Å². The lowest BCUT2D eigenvalue weighted by Crippen LogP contribution is -2.37. The molecule has 12 heteroatoms. The fraction of sp³-hybridized carbons (Fsp3) is 0.400. The fourth-order valence-electron chi connectivity index (χ4n) is 2.44. The lowest BCUT2D eigenvalue weighted by Gasteiger charge is -2.22. The molecular formula is C15H21ClF2N4O2S2Si. The number of nitrogens with two attached hydrogens (primary N) is 1. The van der Waals surface area contributed by atoms with Gasteiger partial charge in [-0.05, 0) is 18.2 Å². The Kier molecular flexibility index (Phi) is 6.84. The van der Waals surface area contributed by atoms with Crippen molar-refractivity contribution in [2.24, 2.45) is 5.73 Å². The van der Waals surface area contributed by atoms with Crippen LogP contribution in [0.2, 0.25) is 30.7 Å². The Morgan fingerprint density at radius 3 is 2.56 bits per heavy atom. The van der Waals surface area contributed by atoms with Gasteiger partial charge in [0.1, 0.15) is 10.7 Å². The van der Waals surface area contributed by atoms with E-state index in [1.54, 1.807) is 0 Å². The van der Waals surface area contributed by atoms with Crippen molar-refractivity contribution in [1.82, 2.24) is 4.98 Å². The van der Waals surface area contributed by atoms with Gasteiger partial charge < -0.3 is 11.1 Å². The Balaban J connectivity index is 2.16. The Hall–Kier alpha value is -1.27. The largest absolute Gasteiger partial charge is 0.382 e. The van der Waals surface area contributed by atoms with Crippen LogP contribution in [0.3, 0.4) is 0 Å². The van der Waals surface area contributed by atoms with Crippen molar-refractivity contribution >= 4 is 51.9 Å². The highest BCUT2D eigenvalue weighted by molar-refractivity contribution is 7.93. The van der Waals surface area contributed by atoms with Crippen LogP contribution in [-0.2, 0) is 10.0 Å². The van der Waals surface area contributed by atoms with Crippen LogP contribution in [0.25, 0.3) is 0 Å². The molecule has 6 nitrogen and oxygen atoms in total. The average molecular weight is 455 g/mol. The van der Waals surface area contributed by atoms with Crippen molar-refractivity contribution in [2.45, 2.75) is 36.6 Å². The van der Waals surface area contributed by atoms with Crippen LogP contribution in [-0.4, -0.2) is 34.1 Å². The molecule has 0 saturated heterocycles. The number of thiazole rings is 1. The van der Waals surface area contributed by atoms with Gasteiger partial charge in [0.25, 0.3) is 10.0 Å². The van der Waals surface area contributed by atoms with Gasteiger partial charge in [0, 0.05) is 20.7 Å². The van der Waals surface area contributed by atoms with Crippen LogP contribution < -0.4 is 15.8 Å². The summed E-state index contributed by atoms with van der Waals surface area (Å²) in [5.74, 6) is -0.995. The smallest absolute Gasteiger partial charge is 0.266 e. The summed E-state index contributed by atoms with van der Waals surface area (Å²) >= 11 is 6.60. The summed E-state index contributed by atoms with van der Waals surface area (Å²) in [6.07, 6.45) is 0.864. The number of halogens is 3. The molecule has 2 aromatic rings. The minimum Gasteiger partial charge on any atom is -0.382 e. The van der Waals surface area contributed by atoms with Crippen molar-refractivity contribution in [3.63, 3.8) is 0 Å². The Bertz CT molecular complexity index is 919. The third-order valence-corrected chi connectivity index (χ3v) is 7.69. The van der Waals surface area contributed by atoms with Crippen molar-refractivity contribution in [3.05, 3.63) is 34.3 Å². The molecule has 0 aliphatic carbocycles. The first-order valence-corrected chi connectivity index (χ1v) is 14.4. The number of nitrogens with one attached hydrogen (secondary N) is 2. The molecule has 0 bridgehead atoms. The molecule has 0 amide bonds. The first kappa shape index (κ1) is 22.0. The number of hydrogen-bond donors (Lipinski definition) is 3. The van der Waals surface area contributed by atoms with E-state index in [4.69, 9.17) is 17.3 Å². The number of anilines is 2. The number of rotatable bonds is 8. The van der Waals surface area contributed by atoms with Gasteiger partial charge in [0.2, 0.25) is 0 Å². The van der Waals surface area contributed by atoms with Crippen LogP contribution in [0.1, 0.15) is 0 Å². The molecule has 27 heavy (non-hydrogen) atoms. The summed E-state index contributed by atoms with van der Waals surface area (Å²) in [5, 5.41) is 2.12. The minimum absolute atomic E-state index is 0.0299. The van der Waals surface area contributed by atoms with Gasteiger partial charge in [-0.2, -0.15) is 4.39 Å². The molecule has 0 saturated carbocycles. The first-order chi connectivity index (χ1) is 12.4. The molecule has 2 rings (SSSR count). The maximum absolute atomic E-state index is 14.4. The molecule has 1 heterocycles. The van der Waals surface area contributed by atoms with Crippen LogP contribution in [0.15, 0.2) is 23.2 Å². The van der Waals surface area contributed by atoms with Crippen LogP contribution in [0.5, 0.6) is 0 Å². The molecule has 0 spiro atoms. The topological polar surface area (TPSA) is 97.1 Å². The molecule has 0 unspecified atom stereocenters. The standard InChI is InChI=1S/C15H21ClF2N4O2S2Si/c1-27(2,3)8-9(19)6-20-12-5-11(17)13(4-10(12)16)26(23,24)22-15-21-7-14(18)25-15/h4-5,7,9,20H,6,8,19H2,1-3H3,(H,21,22)/t9-/m1/s1. The second kappa shape index (κ2) is 8.39. The molecule has 4 N–H and O–H groups in total. The van der Waals surface area contributed by atoms with Gasteiger partial charge in [-0.3, -0.25) is 4.72 Å². The van der Waals surface area contributed by atoms with Crippen molar-refractivity contribution in [1.29, 1.82) is 0 Å². The predicted molar refractivity (Wildman–Crippen MR) is 109 cm³/mol. The first-order valence-electron chi connectivity index (χ1n) is 8.00. The van der Waals surface area contributed by atoms with Gasteiger partial charge in [0.05, 0.1) is 16.9 Å². The third kappa shape index (κ3) is 6.38. The summed E-state index contributed by atoms with van der Waals surface area (Å²) < 4.78 is 54.0. The Morgan fingerprint density at radius 1 is 1.33 bits per heavy atom. The second-order valence-electron chi connectivity index (χ2n) is 7.24. The third-order valence-electron chi connectivity index (χ3n) is 3.44. The zero-order valence-corrected chi connectivity index (χ0v) is 18.4. The number of benzene rings is 1. The molecule has 0 radical (unpaired) electrons. The summed E-state index contributed by atoms with van der Waals surface area (Å²) in [5.41, 5.74) is 6.33. The van der Waals surface area contributed by atoms with Crippen LogP contribution in [0, 0.1) is 10.9 Å². The van der Waals surface area contributed by atoms with E-state index in [2.05, 4.69) is 29.9 Å². The maximum atomic E-state index is 14.4. The van der Waals surface area contributed by atoms with E-state index in [-0.39, 0.29) is 21.9 Å². The number of nitrogens with zero attached hydrogens (tertiary/aromatic N) is 1. The quantitative estimate of drug-likeness (QED) is 0.524. The van der Waals surface area contributed by atoms with E-state index in [0.717, 1.165) is 24.4 Å². The van der Waals surface area contributed by atoms with Gasteiger partial charge in [-0.25, -0.2) is 17.8 Å². The molecule has 0 aliphatic rings. The van der Waals surface area contributed by atoms with Crippen molar-refractivity contribution in [2.75, 3.05) is 16.6 Å². The monoisotopic (exact) mass is 454 g/mol. The molecule has 0 aliphatic heterocycles. The second-order valence-corrected chi connectivity index (χ2v) is 15.8. The van der Waals surface area contributed by atoms with E-state index in [0.29, 0.717) is 17.9 Å². The summed E-state index contributed by atoms with van der Waals surface area (Å²) in [4.78, 5) is 2.90. The summed E-state index contributed by atoms with van der Waals surface area (Å²) in [7, 11) is -5.64. The van der Waals surface area contributed by atoms with Crippen molar-refractivity contribution < 1.29 is 17.2 Å². The zero-order chi connectivity index (χ0) is 20.4. The average Bonchev–Trinajstić information content (AvgIpc) is 2.90. The van der Waals surface area contributed by atoms with Gasteiger partial charge in [0.15, 0.2) is 10.3 Å². The minimum atomic E-state index is -4.30. The SMILES string of the molecule is C[Si](C)(C)C[C@H](N)CNc1cc(F)c(S(=O)(=O)Nc2ncc(F)s2)cc1Cl. The molecular weight excluding hydrogens is 434 g/mol. The Morgan fingerprint density at radius 2 is 2.00 bits per heavy atom. The maximum Gasteiger partial charge on any atom is 0.266 e. The molecule has 150 valence electrons. The molecule has 1 aromatic carbocycles. The van der Waals surface area contributed by atoms with Crippen molar-refractivity contribution in [3.8, 4) is 0 Å². The van der Waals surface area contributed by atoms with Gasteiger partial charge in [-0.15, -0.1) is 0 Å². The fourth-order valence-corrected chi connectivity index (χ4v) is 6.33. The van der Waals surface area contributed by atoms with Gasteiger partial charge >= 0.3 is 0 Å². The highest BCUT2D eigenvalue weighted by atomic mass is 35.5. The van der Waals surface area contributed by atoms with E-state index in [1.165, 1.54) is 0 Å². The predicted octanol–water partition coefficient (Wildman–Crippen LogP) is 3.95. The van der Waals surface area contributed by atoms with E-state index in [9.17, 15) is 17.2 Å². The normalized spacial score (nSPS) is 13.4. The number of hydrogen-bond acceptors (Lipinski definition) is 6. The van der Waals surface area contributed by atoms with E-state index >= 15 is 0 Å². The molecule has 1 aromatic heterocycles. The molecule has 1 atom stereocenters. The zero-order valence-electron chi connectivity index (χ0n) is 15.0. The Labute approximate surface area is 167 Å². The number of sulfonamides is 1.